The Bertz CT molecular complexity index is 865. The van der Waals surface area contributed by atoms with Gasteiger partial charge in [-0.25, -0.2) is 0 Å². The fourth-order valence-electron chi connectivity index (χ4n) is 3.16. The van der Waals surface area contributed by atoms with Gasteiger partial charge in [0.25, 0.3) is 11.8 Å². The van der Waals surface area contributed by atoms with Crippen LogP contribution in [-0.2, 0) is 4.74 Å². The van der Waals surface area contributed by atoms with Crippen molar-refractivity contribution < 1.29 is 14.3 Å². The van der Waals surface area contributed by atoms with E-state index in [2.05, 4.69) is 15.5 Å². The first-order chi connectivity index (χ1) is 13.2. The third-order valence-electron chi connectivity index (χ3n) is 4.66. The first-order valence-corrected chi connectivity index (χ1v) is 9.83. The van der Waals surface area contributed by atoms with Crippen LogP contribution in [0.5, 0.6) is 0 Å². The number of hydrogen-bond acceptors (Lipinski definition) is 5. The number of rotatable bonds is 4. The van der Waals surface area contributed by atoms with Crippen molar-refractivity contribution in [1.29, 1.82) is 0 Å². The zero-order valence-corrected chi connectivity index (χ0v) is 15.7. The predicted octanol–water partition coefficient (Wildman–Crippen LogP) is 2.47. The predicted molar refractivity (Wildman–Crippen MR) is 105 cm³/mol. The fourth-order valence-corrected chi connectivity index (χ4v) is 4.17. The van der Waals surface area contributed by atoms with Crippen molar-refractivity contribution >= 4 is 29.3 Å². The molecule has 2 amide bonds. The standard InChI is InChI=1S/C20H21N3O3S/c24-19(21-7-8-23-9-11-26-12-10-23)14-5-6-18-16(13-14)22-20(25)15-3-1-2-4-17(15)27-18/h1-6,13H,7-12H2,(H,21,24)(H,22,25). The SMILES string of the molecule is O=C(NCCN1CCOCC1)c1ccc2c(c1)NC(=O)c1ccccc1S2. The molecule has 2 heterocycles. The molecule has 0 aliphatic carbocycles. The van der Waals surface area contributed by atoms with Gasteiger partial charge in [-0.3, -0.25) is 14.5 Å². The van der Waals surface area contributed by atoms with Gasteiger partial charge in [0.1, 0.15) is 0 Å². The van der Waals surface area contributed by atoms with E-state index in [0.717, 1.165) is 42.6 Å². The van der Waals surface area contributed by atoms with Crippen molar-refractivity contribution in [2.75, 3.05) is 44.7 Å². The molecule has 2 aromatic rings. The fraction of sp³-hybridized carbons (Fsp3) is 0.300. The maximum atomic E-state index is 12.5. The monoisotopic (exact) mass is 383 g/mol. The molecule has 6 nitrogen and oxygen atoms in total. The summed E-state index contributed by atoms with van der Waals surface area (Å²) in [4.78, 5) is 29.1. The summed E-state index contributed by atoms with van der Waals surface area (Å²) in [7, 11) is 0. The van der Waals surface area contributed by atoms with E-state index < -0.39 is 0 Å². The molecule has 2 aliphatic heterocycles. The highest BCUT2D eigenvalue weighted by Gasteiger charge is 2.20. The number of ether oxygens (including phenoxy) is 1. The molecule has 0 aromatic heterocycles. The summed E-state index contributed by atoms with van der Waals surface area (Å²) in [5.41, 5.74) is 1.86. The molecule has 0 bridgehead atoms. The number of nitrogens with one attached hydrogen (secondary N) is 2. The summed E-state index contributed by atoms with van der Waals surface area (Å²) in [5, 5.41) is 5.88. The molecule has 2 aliphatic rings. The molecule has 27 heavy (non-hydrogen) atoms. The molecule has 0 saturated carbocycles. The van der Waals surface area contributed by atoms with E-state index >= 15 is 0 Å². The summed E-state index contributed by atoms with van der Waals surface area (Å²) in [5.74, 6) is -0.284. The van der Waals surface area contributed by atoms with Gasteiger partial charge in [-0.15, -0.1) is 0 Å². The molecule has 1 saturated heterocycles. The minimum Gasteiger partial charge on any atom is -0.379 e. The average molecular weight is 383 g/mol. The van der Waals surface area contributed by atoms with E-state index in [9.17, 15) is 9.59 Å². The van der Waals surface area contributed by atoms with Crippen LogP contribution < -0.4 is 10.6 Å². The first-order valence-electron chi connectivity index (χ1n) is 9.01. The van der Waals surface area contributed by atoms with Crippen LogP contribution in [0.25, 0.3) is 0 Å². The Morgan fingerprint density at radius 1 is 1.15 bits per heavy atom. The molecule has 7 heteroatoms. The Balaban J connectivity index is 1.43. The van der Waals surface area contributed by atoms with Crippen LogP contribution in [0, 0.1) is 0 Å². The quantitative estimate of drug-likeness (QED) is 0.849. The number of anilines is 1. The number of fused-ring (bicyclic) bond motifs is 2. The molecule has 1 fully saturated rings. The highest BCUT2D eigenvalue weighted by molar-refractivity contribution is 7.99. The molecule has 2 N–H and O–H groups in total. The smallest absolute Gasteiger partial charge is 0.256 e. The van der Waals surface area contributed by atoms with Gasteiger partial charge in [-0.1, -0.05) is 23.9 Å². The summed E-state index contributed by atoms with van der Waals surface area (Å²) in [6, 6.07) is 12.9. The van der Waals surface area contributed by atoms with Gasteiger partial charge in [-0.2, -0.15) is 0 Å². The lowest BCUT2D eigenvalue weighted by Gasteiger charge is -2.26. The minimum atomic E-state index is -0.151. The Morgan fingerprint density at radius 3 is 2.81 bits per heavy atom. The van der Waals surface area contributed by atoms with Crippen molar-refractivity contribution in [3.63, 3.8) is 0 Å². The lowest BCUT2D eigenvalue weighted by Crippen LogP contribution is -2.41. The van der Waals surface area contributed by atoms with Crippen molar-refractivity contribution in [3.05, 3.63) is 53.6 Å². The van der Waals surface area contributed by atoms with Crippen LogP contribution in [0.3, 0.4) is 0 Å². The van der Waals surface area contributed by atoms with Gasteiger partial charge in [0.2, 0.25) is 0 Å². The third-order valence-corrected chi connectivity index (χ3v) is 5.81. The Morgan fingerprint density at radius 2 is 1.96 bits per heavy atom. The van der Waals surface area contributed by atoms with Crippen LogP contribution in [0.2, 0.25) is 0 Å². The van der Waals surface area contributed by atoms with Gasteiger partial charge >= 0.3 is 0 Å². The van der Waals surface area contributed by atoms with E-state index in [4.69, 9.17) is 4.74 Å². The Labute approximate surface area is 162 Å². The number of amides is 2. The summed E-state index contributed by atoms with van der Waals surface area (Å²) >= 11 is 1.53. The molecule has 0 radical (unpaired) electrons. The van der Waals surface area contributed by atoms with E-state index in [1.807, 2.05) is 30.3 Å². The lowest BCUT2D eigenvalue weighted by atomic mass is 10.1. The molecule has 0 unspecified atom stereocenters. The highest BCUT2D eigenvalue weighted by Crippen LogP contribution is 2.38. The number of benzene rings is 2. The second-order valence-corrected chi connectivity index (χ2v) is 7.56. The second kappa shape index (κ2) is 8.12. The molecule has 0 atom stereocenters. The van der Waals surface area contributed by atoms with Crippen molar-refractivity contribution in [1.82, 2.24) is 10.2 Å². The van der Waals surface area contributed by atoms with E-state index in [1.54, 1.807) is 12.1 Å². The van der Waals surface area contributed by atoms with Crippen molar-refractivity contribution in [2.45, 2.75) is 9.79 Å². The third kappa shape index (κ3) is 4.16. The summed E-state index contributed by atoms with van der Waals surface area (Å²) in [6.07, 6.45) is 0. The number of carbonyl (C=O) groups excluding carboxylic acids is 2. The molecular formula is C20H21N3O3S. The van der Waals surface area contributed by atoms with Crippen LogP contribution in [0.1, 0.15) is 20.7 Å². The first kappa shape index (κ1) is 18.0. The van der Waals surface area contributed by atoms with E-state index in [-0.39, 0.29) is 11.8 Å². The van der Waals surface area contributed by atoms with Gasteiger partial charge in [0, 0.05) is 41.5 Å². The van der Waals surface area contributed by atoms with Crippen LogP contribution in [0.15, 0.2) is 52.3 Å². The normalized spacial score (nSPS) is 16.7. The molecule has 140 valence electrons. The Hall–Kier alpha value is -2.35. The zero-order valence-electron chi connectivity index (χ0n) is 14.9. The zero-order chi connectivity index (χ0) is 18.6. The number of carbonyl (C=O) groups is 2. The van der Waals surface area contributed by atoms with E-state index in [1.165, 1.54) is 11.8 Å². The van der Waals surface area contributed by atoms with Crippen molar-refractivity contribution in [2.24, 2.45) is 0 Å². The topological polar surface area (TPSA) is 70.7 Å². The van der Waals surface area contributed by atoms with Gasteiger partial charge in [0.05, 0.1) is 24.5 Å². The van der Waals surface area contributed by atoms with Crippen LogP contribution in [0.4, 0.5) is 5.69 Å². The lowest BCUT2D eigenvalue weighted by molar-refractivity contribution is 0.0383. The van der Waals surface area contributed by atoms with E-state index in [0.29, 0.717) is 23.4 Å². The van der Waals surface area contributed by atoms with Crippen LogP contribution in [-0.4, -0.2) is 56.1 Å². The number of nitrogens with zero attached hydrogens (tertiary/aromatic N) is 1. The largest absolute Gasteiger partial charge is 0.379 e. The molecule has 4 rings (SSSR count). The highest BCUT2D eigenvalue weighted by atomic mass is 32.2. The maximum Gasteiger partial charge on any atom is 0.256 e. The van der Waals surface area contributed by atoms with Gasteiger partial charge < -0.3 is 15.4 Å². The number of hydrogen-bond donors (Lipinski definition) is 2. The molecular weight excluding hydrogens is 362 g/mol. The average Bonchev–Trinajstić information content (AvgIpc) is 2.84. The summed E-state index contributed by atoms with van der Waals surface area (Å²) < 4.78 is 5.33. The number of morpholine rings is 1. The second-order valence-electron chi connectivity index (χ2n) is 6.47. The van der Waals surface area contributed by atoms with Gasteiger partial charge in [-0.05, 0) is 30.3 Å². The Kier molecular flexibility index (Phi) is 5.42. The molecule has 2 aromatic carbocycles. The summed E-state index contributed by atoms with van der Waals surface area (Å²) in [6.45, 7) is 4.69. The maximum absolute atomic E-state index is 12.5. The van der Waals surface area contributed by atoms with Crippen LogP contribution >= 0.6 is 11.8 Å². The molecule has 0 spiro atoms. The van der Waals surface area contributed by atoms with Gasteiger partial charge in [0.15, 0.2) is 0 Å². The minimum absolute atomic E-state index is 0.132. The van der Waals surface area contributed by atoms with Crippen molar-refractivity contribution in [3.8, 4) is 0 Å².